The summed E-state index contributed by atoms with van der Waals surface area (Å²) in [5.41, 5.74) is 0. The van der Waals surface area contributed by atoms with Crippen LogP contribution in [0.5, 0.6) is 0 Å². The molecule has 0 bridgehead atoms. The number of nitrogens with one attached hydrogen (secondary N) is 1. The zero-order valence-corrected chi connectivity index (χ0v) is 19.0. The first kappa shape index (κ1) is 23.6. The second-order valence-corrected chi connectivity index (χ2v) is 6.44. The van der Waals surface area contributed by atoms with Gasteiger partial charge in [-0.05, 0) is 26.2 Å². The highest BCUT2D eigenvalue weighted by molar-refractivity contribution is 14.0. The van der Waals surface area contributed by atoms with Gasteiger partial charge < -0.3 is 19.5 Å². The molecule has 0 atom stereocenters. The quantitative estimate of drug-likeness (QED) is 0.259. The van der Waals surface area contributed by atoms with Crippen LogP contribution >= 0.6 is 24.0 Å². The molecule has 1 fully saturated rings. The van der Waals surface area contributed by atoms with Crippen LogP contribution in [0.3, 0.4) is 0 Å². The second kappa shape index (κ2) is 12.9. The maximum atomic E-state index is 11.9. The molecule has 2 heterocycles. The first-order chi connectivity index (χ1) is 12.7. The lowest BCUT2D eigenvalue weighted by atomic mass is 9.97. The van der Waals surface area contributed by atoms with Gasteiger partial charge >= 0.3 is 5.97 Å². The number of carbonyl (C=O) groups is 1. The number of hydrogen-bond donors (Lipinski definition) is 1. The fourth-order valence-electron chi connectivity index (χ4n) is 3.10. The lowest BCUT2D eigenvalue weighted by Gasteiger charge is -2.33. The molecule has 1 aliphatic rings. The van der Waals surface area contributed by atoms with E-state index in [4.69, 9.17) is 9.73 Å². The molecule has 0 amide bonds. The number of aryl methyl sites for hydroxylation is 1. The Morgan fingerprint density at radius 2 is 2.07 bits per heavy atom. The van der Waals surface area contributed by atoms with E-state index in [2.05, 4.69) is 38.8 Å². The van der Waals surface area contributed by atoms with Gasteiger partial charge in [-0.25, -0.2) is 0 Å². The summed E-state index contributed by atoms with van der Waals surface area (Å²) in [6, 6.07) is 0. The number of hydrogen-bond acceptors (Lipinski definition) is 5. The standard InChI is InChI=1S/C18H32N6O2.HI/c1-4-9-19-18(20-10-13-24-14-21-22-16(24)5-2)23-11-7-15(8-12-23)17(25)26-6-3;/h14-15H,4-13H2,1-3H3,(H,19,20);1H. The van der Waals surface area contributed by atoms with Crippen molar-refractivity contribution in [2.45, 2.75) is 53.0 Å². The zero-order chi connectivity index (χ0) is 18.8. The molecule has 154 valence electrons. The largest absolute Gasteiger partial charge is 0.466 e. The molecule has 0 aromatic carbocycles. The summed E-state index contributed by atoms with van der Waals surface area (Å²) in [6.07, 6.45) is 5.29. The Balaban J connectivity index is 0.00000364. The summed E-state index contributed by atoms with van der Waals surface area (Å²) >= 11 is 0. The van der Waals surface area contributed by atoms with Crippen LogP contribution in [0.15, 0.2) is 11.3 Å². The van der Waals surface area contributed by atoms with Gasteiger partial charge in [0.2, 0.25) is 0 Å². The summed E-state index contributed by atoms with van der Waals surface area (Å²) < 4.78 is 7.22. The SMILES string of the molecule is CCCN=C(NCCn1cnnc1CC)N1CCC(C(=O)OCC)CC1.I. The second-order valence-electron chi connectivity index (χ2n) is 6.44. The highest BCUT2D eigenvalue weighted by Gasteiger charge is 2.27. The maximum absolute atomic E-state index is 11.9. The molecule has 27 heavy (non-hydrogen) atoms. The third-order valence-electron chi connectivity index (χ3n) is 4.55. The van der Waals surface area contributed by atoms with E-state index in [1.54, 1.807) is 6.33 Å². The summed E-state index contributed by atoms with van der Waals surface area (Å²) in [4.78, 5) is 18.9. The molecule has 9 heteroatoms. The minimum atomic E-state index is -0.0631. The van der Waals surface area contributed by atoms with Crippen molar-refractivity contribution in [3.8, 4) is 0 Å². The first-order valence-electron chi connectivity index (χ1n) is 9.76. The molecule has 1 aliphatic heterocycles. The van der Waals surface area contributed by atoms with E-state index in [-0.39, 0.29) is 35.9 Å². The van der Waals surface area contributed by atoms with Crippen molar-refractivity contribution in [3.63, 3.8) is 0 Å². The average Bonchev–Trinajstić information content (AvgIpc) is 3.12. The van der Waals surface area contributed by atoms with Crippen LogP contribution in [0, 0.1) is 5.92 Å². The van der Waals surface area contributed by atoms with Crippen molar-refractivity contribution in [2.75, 3.05) is 32.8 Å². The van der Waals surface area contributed by atoms with Crippen molar-refractivity contribution in [1.82, 2.24) is 25.0 Å². The molecule has 1 aromatic heterocycles. The van der Waals surface area contributed by atoms with E-state index < -0.39 is 0 Å². The molecule has 0 unspecified atom stereocenters. The number of piperidine rings is 1. The summed E-state index contributed by atoms with van der Waals surface area (Å²) in [5.74, 6) is 1.88. The molecule has 1 aromatic rings. The number of likely N-dealkylation sites (tertiary alicyclic amines) is 1. The topological polar surface area (TPSA) is 84.6 Å². The van der Waals surface area contributed by atoms with Crippen LogP contribution in [0.2, 0.25) is 0 Å². The van der Waals surface area contributed by atoms with Gasteiger partial charge in [0.1, 0.15) is 12.2 Å². The highest BCUT2D eigenvalue weighted by Crippen LogP contribution is 2.18. The Bertz CT molecular complexity index is 584. The van der Waals surface area contributed by atoms with E-state index in [9.17, 15) is 4.79 Å². The summed E-state index contributed by atoms with van der Waals surface area (Å²) in [7, 11) is 0. The van der Waals surface area contributed by atoms with Gasteiger partial charge in [0.25, 0.3) is 0 Å². The summed E-state index contributed by atoms with van der Waals surface area (Å²) in [6.45, 7) is 10.5. The number of halogens is 1. The van der Waals surface area contributed by atoms with Crippen molar-refractivity contribution in [2.24, 2.45) is 10.9 Å². The van der Waals surface area contributed by atoms with Gasteiger partial charge in [0.05, 0.1) is 12.5 Å². The van der Waals surface area contributed by atoms with Gasteiger partial charge in [-0.3, -0.25) is 9.79 Å². The number of aliphatic imine (C=N–C) groups is 1. The molecule has 0 saturated carbocycles. The molecule has 1 N–H and O–H groups in total. The Morgan fingerprint density at radius 3 is 2.70 bits per heavy atom. The molecule has 0 spiro atoms. The van der Waals surface area contributed by atoms with Crippen LogP contribution in [-0.2, 0) is 22.5 Å². The maximum Gasteiger partial charge on any atom is 0.309 e. The van der Waals surface area contributed by atoms with Gasteiger partial charge in [-0.2, -0.15) is 0 Å². The smallest absolute Gasteiger partial charge is 0.309 e. The molecule has 2 rings (SSSR count). The van der Waals surface area contributed by atoms with Crippen molar-refractivity contribution in [1.29, 1.82) is 0 Å². The summed E-state index contributed by atoms with van der Waals surface area (Å²) in [5, 5.41) is 11.5. The van der Waals surface area contributed by atoms with Gasteiger partial charge in [-0.15, -0.1) is 34.2 Å². The van der Waals surface area contributed by atoms with Gasteiger partial charge in [0, 0.05) is 39.1 Å². The number of aromatic nitrogens is 3. The Hall–Kier alpha value is -1.39. The lowest BCUT2D eigenvalue weighted by molar-refractivity contribution is -0.149. The van der Waals surface area contributed by atoms with Crippen LogP contribution in [-0.4, -0.2) is 64.4 Å². The Morgan fingerprint density at radius 1 is 1.33 bits per heavy atom. The molecular formula is C18H33IN6O2. The lowest BCUT2D eigenvalue weighted by Crippen LogP contribution is -2.47. The van der Waals surface area contributed by atoms with Gasteiger partial charge in [0.15, 0.2) is 5.96 Å². The van der Waals surface area contributed by atoms with Crippen LogP contribution in [0.1, 0.15) is 45.9 Å². The molecule has 0 radical (unpaired) electrons. The Kier molecular flexibility index (Phi) is 11.3. The van der Waals surface area contributed by atoms with Gasteiger partial charge in [-0.1, -0.05) is 13.8 Å². The van der Waals surface area contributed by atoms with E-state index in [0.29, 0.717) is 6.61 Å². The highest BCUT2D eigenvalue weighted by atomic mass is 127. The predicted molar refractivity (Wildman–Crippen MR) is 116 cm³/mol. The minimum Gasteiger partial charge on any atom is -0.466 e. The number of ether oxygens (including phenoxy) is 1. The van der Waals surface area contributed by atoms with Crippen LogP contribution < -0.4 is 5.32 Å². The van der Waals surface area contributed by atoms with Crippen molar-refractivity contribution in [3.05, 3.63) is 12.2 Å². The predicted octanol–water partition coefficient (Wildman–Crippen LogP) is 2.09. The Labute approximate surface area is 179 Å². The number of esters is 1. The average molecular weight is 492 g/mol. The number of rotatable bonds is 8. The number of guanidine groups is 1. The third kappa shape index (κ3) is 7.27. The minimum absolute atomic E-state index is 0. The van der Waals surface area contributed by atoms with Crippen LogP contribution in [0.25, 0.3) is 0 Å². The fourth-order valence-corrected chi connectivity index (χ4v) is 3.10. The van der Waals surface area contributed by atoms with Crippen LogP contribution in [0.4, 0.5) is 0 Å². The fraction of sp³-hybridized carbons (Fsp3) is 0.778. The van der Waals surface area contributed by atoms with E-state index >= 15 is 0 Å². The zero-order valence-electron chi connectivity index (χ0n) is 16.7. The first-order valence-corrected chi connectivity index (χ1v) is 9.76. The van der Waals surface area contributed by atoms with Crippen molar-refractivity contribution >= 4 is 35.9 Å². The third-order valence-corrected chi connectivity index (χ3v) is 4.55. The van der Waals surface area contributed by atoms with E-state index in [1.807, 2.05) is 6.92 Å². The monoisotopic (exact) mass is 492 g/mol. The number of carbonyl (C=O) groups excluding carboxylic acids is 1. The molecule has 8 nitrogen and oxygen atoms in total. The molecular weight excluding hydrogens is 459 g/mol. The normalized spacial score (nSPS) is 15.4. The van der Waals surface area contributed by atoms with E-state index in [1.165, 1.54) is 0 Å². The van der Waals surface area contributed by atoms with Crippen molar-refractivity contribution < 1.29 is 9.53 Å². The molecule has 0 aliphatic carbocycles. The number of nitrogens with zero attached hydrogens (tertiary/aromatic N) is 5. The van der Waals surface area contributed by atoms with E-state index in [0.717, 1.165) is 70.2 Å². The molecule has 1 saturated heterocycles.